The smallest absolute Gasteiger partial charge is 0.186 e. The normalized spacial score (nSPS) is 13.4. The summed E-state index contributed by atoms with van der Waals surface area (Å²) < 4.78 is 0.303. The fourth-order valence-electron chi connectivity index (χ4n) is 1.82. The van der Waals surface area contributed by atoms with Gasteiger partial charge in [0.25, 0.3) is 0 Å². The highest BCUT2D eigenvalue weighted by Gasteiger charge is 2.23. The van der Waals surface area contributed by atoms with Gasteiger partial charge < -0.3 is 19.5 Å². The zero-order valence-electron chi connectivity index (χ0n) is 10.9. The van der Waals surface area contributed by atoms with Crippen molar-refractivity contribution in [2.24, 2.45) is 0 Å². The van der Waals surface area contributed by atoms with Gasteiger partial charge >= 0.3 is 0 Å². The molecule has 0 aromatic rings. The Hall–Kier alpha value is -0.940. The van der Waals surface area contributed by atoms with E-state index in [9.17, 15) is 19.8 Å². The van der Waals surface area contributed by atoms with E-state index in [-0.39, 0.29) is 18.7 Å². The van der Waals surface area contributed by atoms with Gasteiger partial charge in [0.2, 0.25) is 0 Å². The number of hydrogen-bond donors (Lipinski definition) is 1. The lowest BCUT2D eigenvalue weighted by molar-refractivity contribution is -0.885. The molecule has 100 valence electrons. The number of ketones is 1. The second-order valence-corrected chi connectivity index (χ2v) is 5.15. The zero-order chi connectivity index (χ0) is 13.5. The van der Waals surface area contributed by atoms with Gasteiger partial charge in [-0.15, -0.1) is 0 Å². The molecule has 5 heteroatoms. The van der Waals surface area contributed by atoms with Crippen molar-refractivity contribution >= 4 is 11.8 Å². The van der Waals surface area contributed by atoms with Gasteiger partial charge in [0.1, 0.15) is 19.2 Å². The summed E-state index contributed by atoms with van der Waals surface area (Å²) >= 11 is 0. The van der Waals surface area contributed by atoms with E-state index in [2.05, 4.69) is 0 Å². The number of aliphatic hydroxyl groups excluding tert-OH is 1. The summed E-state index contributed by atoms with van der Waals surface area (Å²) in [5.74, 6) is -1.12. The number of aliphatic carboxylic acids is 1. The van der Waals surface area contributed by atoms with Gasteiger partial charge in [-0.05, 0) is 6.42 Å². The SMILES string of the molecule is CCCCC(=O)C[N+](C)(C)CC(O)CC(=O)[O-]. The van der Waals surface area contributed by atoms with Crippen LogP contribution in [0.2, 0.25) is 0 Å². The summed E-state index contributed by atoms with van der Waals surface area (Å²) in [6.07, 6.45) is 1.06. The third-order valence-corrected chi connectivity index (χ3v) is 2.52. The van der Waals surface area contributed by atoms with E-state index in [0.717, 1.165) is 12.8 Å². The minimum absolute atomic E-state index is 0.150. The first-order valence-corrected chi connectivity index (χ1v) is 5.98. The van der Waals surface area contributed by atoms with E-state index in [0.29, 0.717) is 17.4 Å². The maximum Gasteiger partial charge on any atom is 0.186 e. The zero-order valence-corrected chi connectivity index (χ0v) is 10.9. The Labute approximate surface area is 103 Å². The predicted molar refractivity (Wildman–Crippen MR) is 62.0 cm³/mol. The van der Waals surface area contributed by atoms with Gasteiger partial charge in [-0.3, -0.25) is 4.79 Å². The van der Waals surface area contributed by atoms with Gasteiger partial charge in [0.05, 0.1) is 14.1 Å². The van der Waals surface area contributed by atoms with Gasteiger partial charge in [-0.25, -0.2) is 0 Å². The molecule has 0 saturated heterocycles. The molecule has 0 saturated carbocycles. The summed E-state index contributed by atoms with van der Waals surface area (Å²) in [5, 5.41) is 19.8. The molecular formula is C12H23NO4. The highest BCUT2D eigenvalue weighted by atomic mass is 16.4. The molecule has 5 nitrogen and oxygen atoms in total. The summed E-state index contributed by atoms with van der Waals surface area (Å²) in [6, 6.07) is 0. The van der Waals surface area contributed by atoms with E-state index >= 15 is 0 Å². The van der Waals surface area contributed by atoms with E-state index in [4.69, 9.17) is 0 Å². The van der Waals surface area contributed by atoms with Crippen LogP contribution in [-0.4, -0.2) is 54.6 Å². The molecule has 1 N–H and O–H groups in total. The first-order valence-electron chi connectivity index (χ1n) is 5.98. The molecular weight excluding hydrogens is 222 g/mol. The number of hydrogen-bond acceptors (Lipinski definition) is 4. The van der Waals surface area contributed by atoms with Crippen LogP contribution in [0.1, 0.15) is 32.6 Å². The van der Waals surface area contributed by atoms with E-state index < -0.39 is 12.1 Å². The molecule has 0 aromatic carbocycles. The van der Waals surface area contributed by atoms with Crippen LogP contribution in [0.25, 0.3) is 0 Å². The predicted octanol–water partition coefficient (Wildman–Crippen LogP) is -0.677. The molecule has 0 amide bonds. The molecule has 0 rings (SSSR count). The average Bonchev–Trinajstić information content (AvgIpc) is 2.10. The standard InChI is InChI=1S/C12H23NO4/c1-4-5-6-10(14)8-13(2,3)9-11(15)7-12(16)17/h11,15H,4-9H2,1-3H3. The Morgan fingerprint density at radius 3 is 2.41 bits per heavy atom. The molecule has 0 aliphatic heterocycles. The number of aliphatic hydroxyl groups is 1. The first-order chi connectivity index (χ1) is 7.76. The van der Waals surface area contributed by atoms with Crippen molar-refractivity contribution < 1.29 is 24.3 Å². The van der Waals surface area contributed by atoms with Crippen molar-refractivity contribution in [3.05, 3.63) is 0 Å². The van der Waals surface area contributed by atoms with Crippen molar-refractivity contribution in [1.82, 2.24) is 0 Å². The van der Waals surface area contributed by atoms with Gasteiger partial charge in [0, 0.05) is 18.8 Å². The van der Waals surface area contributed by atoms with Crippen LogP contribution in [0, 0.1) is 0 Å². The Morgan fingerprint density at radius 1 is 1.35 bits per heavy atom. The van der Waals surface area contributed by atoms with E-state index in [1.807, 2.05) is 21.0 Å². The molecule has 0 aliphatic rings. The first kappa shape index (κ1) is 16.1. The maximum absolute atomic E-state index is 11.6. The van der Waals surface area contributed by atoms with Crippen LogP contribution < -0.4 is 5.11 Å². The number of quaternary nitrogens is 1. The topological polar surface area (TPSA) is 77.4 Å². The summed E-state index contributed by atoms with van der Waals surface area (Å²) in [5.41, 5.74) is 0. The van der Waals surface area contributed by atoms with Crippen molar-refractivity contribution in [2.45, 2.75) is 38.7 Å². The Bertz CT molecular complexity index is 263. The molecule has 0 radical (unpaired) electrons. The summed E-state index contributed by atoms with van der Waals surface area (Å²) in [7, 11) is 3.62. The fraction of sp³-hybridized carbons (Fsp3) is 0.833. The lowest BCUT2D eigenvalue weighted by Crippen LogP contribution is -2.49. The Balaban J connectivity index is 4.09. The van der Waals surface area contributed by atoms with Gasteiger partial charge in [-0.2, -0.15) is 0 Å². The number of carbonyl (C=O) groups excluding carboxylic acids is 2. The van der Waals surface area contributed by atoms with Gasteiger partial charge in [0.15, 0.2) is 5.78 Å². The van der Waals surface area contributed by atoms with E-state index in [1.54, 1.807) is 0 Å². The number of carbonyl (C=O) groups is 2. The minimum Gasteiger partial charge on any atom is -0.550 e. The average molecular weight is 245 g/mol. The highest BCUT2D eigenvalue weighted by Crippen LogP contribution is 2.05. The second-order valence-electron chi connectivity index (χ2n) is 5.15. The highest BCUT2D eigenvalue weighted by molar-refractivity contribution is 5.79. The third kappa shape index (κ3) is 8.83. The molecule has 0 aliphatic carbocycles. The molecule has 0 fully saturated rings. The quantitative estimate of drug-likeness (QED) is 0.546. The van der Waals surface area contributed by atoms with Crippen molar-refractivity contribution in [1.29, 1.82) is 0 Å². The second kappa shape index (κ2) is 7.40. The molecule has 0 heterocycles. The van der Waals surface area contributed by atoms with Crippen LogP contribution in [-0.2, 0) is 9.59 Å². The number of nitrogens with zero attached hydrogens (tertiary/aromatic N) is 1. The molecule has 0 aromatic heterocycles. The van der Waals surface area contributed by atoms with Crippen LogP contribution in [0.3, 0.4) is 0 Å². The number of rotatable bonds is 9. The van der Waals surface area contributed by atoms with E-state index in [1.165, 1.54) is 0 Å². The van der Waals surface area contributed by atoms with Gasteiger partial charge in [-0.1, -0.05) is 13.3 Å². The lowest BCUT2D eigenvalue weighted by atomic mass is 10.1. The fourth-order valence-corrected chi connectivity index (χ4v) is 1.82. The van der Waals surface area contributed by atoms with Crippen LogP contribution in [0.5, 0.6) is 0 Å². The van der Waals surface area contributed by atoms with Crippen molar-refractivity contribution in [3.63, 3.8) is 0 Å². The number of carboxylic acid groups (broad SMARTS) is 1. The van der Waals surface area contributed by atoms with Crippen LogP contribution in [0.4, 0.5) is 0 Å². The minimum atomic E-state index is -1.27. The Kier molecular flexibility index (Phi) is 6.99. The largest absolute Gasteiger partial charge is 0.550 e. The molecule has 17 heavy (non-hydrogen) atoms. The molecule has 1 unspecified atom stereocenters. The number of Topliss-reactive ketones (excluding diaryl/α,β-unsaturated/α-hetero) is 1. The summed E-state index contributed by atoms with van der Waals surface area (Å²) in [6.45, 7) is 2.59. The molecule has 1 atom stereocenters. The monoisotopic (exact) mass is 245 g/mol. The lowest BCUT2D eigenvalue weighted by Gasteiger charge is -2.31. The summed E-state index contributed by atoms with van der Waals surface area (Å²) in [4.78, 5) is 21.9. The number of likely N-dealkylation sites (N-methyl/N-ethyl adjacent to an activating group) is 1. The number of carboxylic acids is 1. The van der Waals surface area contributed by atoms with Crippen LogP contribution >= 0.6 is 0 Å². The number of unbranched alkanes of at least 4 members (excludes halogenated alkanes) is 1. The van der Waals surface area contributed by atoms with Crippen LogP contribution in [0.15, 0.2) is 0 Å². The molecule has 0 bridgehead atoms. The third-order valence-electron chi connectivity index (χ3n) is 2.52. The Morgan fingerprint density at radius 2 is 1.94 bits per heavy atom. The van der Waals surface area contributed by atoms with Crippen molar-refractivity contribution in [2.75, 3.05) is 27.2 Å². The maximum atomic E-state index is 11.6. The molecule has 0 spiro atoms. The van der Waals surface area contributed by atoms with Crippen molar-refractivity contribution in [3.8, 4) is 0 Å².